The molecule has 0 saturated heterocycles. The van der Waals surface area contributed by atoms with Gasteiger partial charge in [-0.05, 0) is 50.0 Å². The van der Waals surface area contributed by atoms with Crippen molar-refractivity contribution in [3.63, 3.8) is 0 Å². The maximum atomic E-state index is 14.1. The highest BCUT2D eigenvalue weighted by molar-refractivity contribution is 6.24. The van der Waals surface area contributed by atoms with Gasteiger partial charge >= 0.3 is 0 Å². The largest absolute Gasteiger partial charge is 0.508 e. The van der Waals surface area contributed by atoms with Gasteiger partial charge in [-0.25, -0.2) is 0 Å². The third-order valence-corrected chi connectivity index (χ3v) is 8.46. The van der Waals surface area contributed by atoms with E-state index in [0.29, 0.717) is 16.8 Å². The average molecular weight is 560 g/mol. The molecule has 6 N–H and O–H groups in total. The fraction of sp³-hybridized carbons (Fsp3) is 0.323. The Kier molecular flexibility index (Phi) is 6.79. The molecule has 10 heteroatoms. The lowest BCUT2D eigenvalue weighted by Crippen LogP contribution is -2.65. The van der Waals surface area contributed by atoms with Crippen LogP contribution in [0.3, 0.4) is 0 Å². The zero-order valence-corrected chi connectivity index (χ0v) is 23.3. The van der Waals surface area contributed by atoms with Gasteiger partial charge in [-0.2, -0.15) is 0 Å². The molecule has 3 aliphatic carbocycles. The first kappa shape index (κ1) is 28.1. The number of ketones is 2. The number of phenolic OH excluding ortho intramolecular Hbond substituents is 1. The van der Waals surface area contributed by atoms with Crippen LogP contribution in [0, 0.1) is 11.8 Å². The predicted octanol–water partition coefficient (Wildman–Crippen LogP) is 2.20. The second-order valence-corrected chi connectivity index (χ2v) is 11.3. The van der Waals surface area contributed by atoms with Crippen LogP contribution in [0.25, 0.3) is 17.9 Å². The van der Waals surface area contributed by atoms with E-state index >= 15 is 0 Å². The number of hydrogen-bond acceptors (Lipinski definition) is 9. The molecule has 214 valence electrons. The van der Waals surface area contributed by atoms with Gasteiger partial charge in [-0.3, -0.25) is 19.3 Å². The van der Waals surface area contributed by atoms with E-state index in [1.54, 1.807) is 26.2 Å². The number of aliphatic hydroxyl groups excluding tert-OH is 2. The lowest BCUT2D eigenvalue weighted by Gasteiger charge is -2.50. The Balaban J connectivity index is 1.72. The molecule has 0 aromatic heterocycles. The number of likely N-dealkylation sites (N-methyl/N-ethyl adjacent to an activating group) is 1. The Bertz CT molecular complexity index is 1570. The van der Waals surface area contributed by atoms with Crippen molar-refractivity contribution < 1.29 is 34.8 Å². The van der Waals surface area contributed by atoms with Crippen LogP contribution < -0.4 is 10.6 Å². The second-order valence-electron chi connectivity index (χ2n) is 11.3. The number of phenols is 1. The van der Waals surface area contributed by atoms with Gasteiger partial charge in [0.25, 0.3) is 5.91 Å². The van der Waals surface area contributed by atoms with Crippen LogP contribution in [-0.2, 0) is 20.8 Å². The van der Waals surface area contributed by atoms with Crippen LogP contribution in [-0.4, -0.2) is 82.6 Å². The molecule has 1 amide bonds. The van der Waals surface area contributed by atoms with Crippen molar-refractivity contribution in [1.29, 1.82) is 0 Å². The minimum Gasteiger partial charge on any atom is -0.508 e. The Morgan fingerprint density at radius 2 is 1.71 bits per heavy atom. The van der Waals surface area contributed by atoms with E-state index in [2.05, 4.69) is 0 Å². The second kappa shape index (κ2) is 9.90. The van der Waals surface area contributed by atoms with Gasteiger partial charge in [0.05, 0.1) is 11.6 Å². The van der Waals surface area contributed by atoms with E-state index in [0.717, 1.165) is 5.56 Å². The van der Waals surface area contributed by atoms with Crippen LogP contribution in [0.15, 0.2) is 53.3 Å². The SMILES string of the molecule is CN(C)c1cc(/C=C/c2ccccc2)c(O)c2c1C[C@@H]1C[C@@H]3[C@H](N(C)C)C(=O)C(C(N)=O)=C(O)[C@@]3(O)C(=O)C1=C2O. The minimum atomic E-state index is -2.67. The lowest BCUT2D eigenvalue weighted by molar-refractivity contribution is -0.153. The number of carbonyl (C=O) groups excluding carboxylic acids is 3. The number of aliphatic hydroxyl groups is 3. The molecule has 41 heavy (non-hydrogen) atoms. The Hall–Kier alpha value is -4.41. The molecule has 4 atom stereocenters. The zero-order valence-electron chi connectivity index (χ0n) is 23.3. The molecule has 0 bridgehead atoms. The van der Waals surface area contributed by atoms with Crippen molar-refractivity contribution in [1.82, 2.24) is 4.90 Å². The molecule has 5 rings (SSSR count). The predicted molar refractivity (Wildman–Crippen MR) is 154 cm³/mol. The van der Waals surface area contributed by atoms with Gasteiger partial charge < -0.3 is 31.1 Å². The molecule has 1 saturated carbocycles. The summed E-state index contributed by atoms with van der Waals surface area (Å²) < 4.78 is 0. The van der Waals surface area contributed by atoms with Crippen molar-refractivity contribution >= 4 is 41.1 Å². The number of nitrogens with zero attached hydrogens (tertiary/aromatic N) is 2. The van der Waals surface area contributed by atoms with Gasteiger partial charge in [-0.15, -0.1) is 0 Å². The van der Waals surface area contributed by atoms with Crippen molar-refractivity contribution in [3.05, 3.63) is 75.6 Å². The third-order valence-electron chi connectivity index (χ3n) is 8.46. The number of Topliss-reactive ketones (excluding diaryl/α,β-unsaturated/α-hetero) is 2. The van der Waals surface area contributed by atoms with Crippen LogP contribution in [0.4, 0.5) is 5.69 Å². The van der Waals surface area contributed by atoms with Crippen molar-refractivity contribution in [2.45, 2.75) is 24.5 Å². The molecule has 2 aromatic carbocycles. The highest BCUT2D eigenvalue weighted by atomic mass is 16.3. The number of primary amides is 1. The number of amides is 1. The Morgan fingerprint density at radius 3 is 2.29 bits per heavy atom. The first-order chi connectivity index (χ1) is 19.3. The molecular formula is C31H33N3O7. The van der Waals surface area contributed by atoms with Crippen molar-refractivity contribution in [2.75, 3.05) is 33.1 Å². The average Bonchev–Trinajstić information content (AvgIpc) is 2.90. The summed E-state index contributed by atoms with van der Waals surface area (Å²) in [6, 6.07) is 10.1. The first-order valence-electron chi connectivity index (χ1n) is 13.2. The van der Waals surface area contributed by atoms with Crippen LogP contribution in [0.5, 0.6) is 5.75 Å². The number of nitrogens with two attached hydrogens (primary N) is 1. The molecule has 0 aliphatic heterocycles. The summed E-state index contributed by atoms with van der Waals surface area (Å²) in [4.78, 5) is 42.8. The van der Waals surface area contributed by atoms with Gasteiger partial charge in [0.15, 0.2) is 11.4 Å². The fourth-order valence-corrected chi connectivity index (χ4v) is 6.59. The molecule has 1 fully saturated rings. The number of rotatable bonds is 5. The monoisotopic (exact) mass is 559 g/mol. The fourth-order valence-electron chi connectivity index (χ4n) is 6.59. The van der Waals surface area contributed by atoms with Gasteiger partial charge in [0, 0.05) is 36.8 Å². The maximum absolute atomic E-state index is 14.1. The molecule has 3 aliphatic rings. The van der Waals surface area contributed by atoms with Crippen molar-refractivity contribution in [3.8, 4) is 5.75 Å². The molecule has 10 nitrogen and oxygen atoms in total. The smallest absolute Gasteiger partial charge is 0.255 e. The zero-order chi connectivity index (χ0) is 30.0. The number of aromatic hydroxyl groups is 1. The molecule has 0 spiro atoms. The first-order valence-corrected chi connectivity index (χ1v) is 13.2. The molecular weight excluding hydrogens is 526 g/mol. The Labute approximate surface area is 237 Å². The summed E-state index contributed by atoms with van der Waals surface area (Å²) >= 11 is 0. The molecule has 2 aromatic rings. The number of anilines is 1. The summed E-state index contributed by atoms with van der Waals surface area (Å²) in [5, 5.41) is 45.8. The van der Waals surface area contributed by atoms with Gasteiger partial charge in [-0.1, -0.05) is 42.5 Å². The normalized spacial score (nSPS) is 25.9. The van der Waals surface area contributed by atoms with Crippen LogP contribution in [0.1, 0.15) is 28.7 Å². The van der Waals surface area contributed by atoms with E-state index in [1.807, 2.05) is 55.4 Å². The minimum absolute atomic E-state index is 0.0368. The van der Waals surface area contributed by atoms with Crippen molar-refractivity contribution in [2.24, 2.45) is 17.6 Å². The molecule has 0 heterocycles. The summed E-state index contributed by atoms with van der Waals surface area (Å²) in [7, 11) is 6.79. The molecule has 0 radical (unpaired) electrons. The molecule has 0 unspecified atom stereocenters. The Morgan fingerprint density at radius 1 is 1.05 bits per heavy atom. The summed E-state index contributed by atoms with van der Waals surface area (Å²) in [5.74, 6) is -6.70. The van der Waals surface area contributed by atoms with E-state index in [-0.39, 0.29) is 29.7 Å². The number of fused-ring (bicyclic) bond motifs is 3. The summed E-state index contributed by atoms with van der Waals surface area (Å²) in [6.07, 6.45) is 3.77. The lowest BCUT2D eigenvalue weighted by atomic mass is 9.57. The number of benzene rings is 2. The third kappa shape index (κ3) is 4.13. The van der Waals surface area contributed by atoms with Gasteiger partial charge in [0.1, 0.15) is 22.8 Å². The van der Waals surface area contributed by atoms with E-state index < -0.39 is 58.0 Å². The van der Waals surface area contributed by atoms with Crippen LogP contribution >= 0.6 is 0 Å². The topological polar surface area (TPSA) is 165 Å². The van der Waals surface area contributed by atoms with Crippen LogP contribution in [0.2, 0.25) is 0 Å². The number of hydrogen-bond donors (Lipinski definition) is 5. The van der Waals surface area contributed by atoms with Gasteiger partial charge in [0.2, 0.25) is 5.78 Å². The highest BCUT2D eigenvalue weighted by Gasteiger charge is 2.64. The quantitative estimate of drug-likeness (QED) is 0.273. The van der Waals surface area contributed by atoms with E-state index in [9.17, 15) is 34.8 Å². The van der Waals surface area contributed by atoms with E-state index in [4.69, 9.17) is 5.73 Å². The number of carbonyl (C=O) groups is 3. The van der Waals surface area contributed by atoms with E-state index in [1.165, 1.54) is 4.90 Å². The summed E-state index contributed by atoms with van der Waals surface area (Å²) in [5.41, 5.74) is 4.37. The summed E-state index contributed by atoms with van der Waals surface area (Å²) in [6.45, 7) is 0. The standard InChI is InChI=1S/C31H33N3O7/c1-33(2)20-14-16(11-10-15-8-6-5-7-9-15)25(35)22-18(20)12-17-13-19-24(34(3)4)27(37)23(30(32)40)29(39)31(19,41)28(38)21(17)26(22)36/h5-11,14,17,19,24,35-36,39,41H,12-13H2,1-4H3,(H2,32,40)/b11-10+/t17-,19-,24+,31+/m1/s1. The highest BCUT2D eigenvalue weighted by Crippen LogP contribution is 2.54. The maximum Gasteiger partial charge on any atom is 0.255 e.